The van der Waals surface area contributed by atoms with Gasteiger partial charge in [0.2, 0.25) is 5.79 Å². The lowest BCUT2D eigenvalue weighted by Crippen LogP contribution is -2.61. The Bertz CT molecular complexity index is 1950. The van der Waals surface area contributed by atoms with Crippen LogP contribution in [0, 0.1) is 35.5 Å². The van der Waals surface area contributed by atoms with Crippen molar-refractivity contribution in [3.63, 3.8) is 0 Å². The first kappa shape index (κ1) is 65.0. The molecule has 2 bridgehead atoms. The Hall–Kier alpha value is -3.53. The molecule has 2 saturated heterocycles. The Kier molecular flexibility index (Phi) is 28.3. The predicted molar refractivity (Wildman–Crippen MR) is 284 cm³/mol. The molecule has 3 fully saturated rings. The molecule has 1 amide bonds. The van der Waals surface area contributed by atoms with E-state index in [0.717, 1.165) is 12.0 Å². The van der Waals surface area contributed by atoms with Gasteiger partial charge < -0.3 is 63.2 Å². The minimum Gasteiger partial charge on any atom is -0.460 e. The molecule has 76 heavy (non-hydrogen) atoms. The first-order valence-corrected chi connectivity index (χ1v) is 27.9. The van der Waals surface area contributed by atoms with E-state index < -0.39 is 77.8 Å². The van der Waals surface area contributed by atoms with Crippen LogP contribution in [0.4, 0.5) is 0 Å². The van der Waals surface area contributed by atoms with Crippen LogP contribution in [0.2, 0.25) is 0 Å². The fourth-order valence-corrected chi connectivity index (χ4v) is 11.0. The van der Waals surface area contributed by atoms with Crippen molar-refractivity contribution in [2.45, 2.75) is 180 Å². The number of allylic oxidation sites excluding steroid dienone is 6. The number of ether oxygens (including phenoxy) is 8. The molecule has 1 aliphatic carbocycles. The molecule has 4 rings (SSSR count). The Morgan fingerprint density at radius 1 is 0.776 bits per heavy atom. The number of nitrogens with zero attached hydrogens (tertiary/aromatic N) is 1. The van der Waals surface area contributed by atoms with Crippen LogP contribution in [-0.2, 0) is 61.9 Å². The number of esters is 1. The highest BCUT2D eigenvalue weighted by Crippen LogP contribution is 2.38. The van der Waals surface area contributed by atoms with Crippen LogP contribution in [0.3, 0.4) is 0 Å². The summed E-state index contributed by atoms with van der Waals surface area (Å²) < 4.78 is 47.2. The average Bonchev–Trinajstić information content (AvgIpc) is 3.40. The standard InChI is InChI=1S/C58H93NO17/c1-37-15-11-10-12-16-38(2)49(74-30-29-72-28-27-71-25-23-60)35-45-20-18-43(7)58(68,76-45)55(65)56(66)59-22-14-13-17-46(59)57(67)75-50(40(4)33-44-19-21-48(73-26-24-61)51(34-44)69-8)36-47(62)39(3)32-42(6)53(64)54(70-9)52(63)41(5)31-37/h10-12,15-16,32,37,39-41,43-46,48-51,53-54,60-61,64,68H,13-14,17-31,33-36H2,1-9H3/b12-10+,15-11+,38-16+,42-32+/t37-,39-,40-,41-,43-,44+,45+,46+,48-,49+,50+,51-,53-,54+,58-/m1/s1. The fraction of sp³-hybridized carbons (Fsp3) is 0.776. The predicted octanol–water partition coefficient (Wildman–Crippen LogP) is 5.59. The summed E-state index contributed by atoms with van der Waals surface area (Å²) in [5, 5.41) is 42.1. The minimum atomic E-state index is -2.50. The number of ketones is 3. The van der Waals surface area contributed by atoms with Crippen molar-refractivity contribution in [3.05, 3.63) is 47.6 Å². The summed E-state index contributed by atoms with van der Waals surface area (Å²) in [6.45, 7) is 13.9. The number of aliphatic hydroxyl groups excluding tert-OH is 3. The lowest BCUT2D eigenvalue weighted by Gasteiger charge is -2.43. The normalized spacial score (nSPS) is 36.3. The number of methoxy groups -OCH3 is 2. The molecule has 18 heteroatoms. The van der Waals surface area contributed by atoms with Gasteiger partial charge in [0, 0.05) is 51.4 Å². The first-order chi connectivity index (χ1) is 36.3. The molecule has 0 aromatic heterocycles. The van der Waals surface area contributed by atoms with E-state index in [2.05, 4.69) is 0 Å². The highest BCUT2D eigenvalue weighted by molar-refractivity contribution is 6.39. The number of amides is 1. The highest BCUT2D eigenvalue weighted by Gasteiger charge is 2.53. The van der Waals surface area contributed by atoms with E-state index in [0.29, 0.717) is 70.2 Å². The smallest absolute Gasteiger partial charge is 0.329 e. The molecule has 3 aliphatic heterocycles. The number of fused-ring (bicyclic) bond motifs is 3. The Morgan fingerprint density at radius 3 is 2.18 bits per heavy atom. The van der Waals surface area contributed by atoms with Crippen LogP contribution in [0.1, 0.15) is 126 Å². The van der Waals surface area contributed by atoms with Gasteiger partial charge in [0.15, 0.2) is 5.78 Å². The van der Waals surface area contributed by atoms with Crippen molar-refractivity contribution in [2.75, 3.05) is 73.6 Å². The van der Waals surface area contributed by atoms with Crippen LogP contribution >= 0.6 is 0 Å². The summed E-state index contributed by atoms with van der Waals surface area (Å²) in [6.07, 6.45) is 11.2. The maximum Gasteiger partial charge on any atom is 0.329 e. The zero-order valence-electron chi connectivity index (χ0n) is 46.9. The number of Topliss-reactive ketones (excluding diaryl/α,β-unsaturated/α-hetero) is 3. The van der Waals surface area contributed by atoms with Crippen molar-refractivity contribution in [3.8, 4) is 0 Å². The number of rotatable bonds is 17. The van der Waals surface area contributed by atoms with Crippen molar-refractivity contribution in [1.82, 2.24) is 4.90 Å². The van der Waals surface area contributed by atoms with E-state index in [1.165, 1.54) is 12.0 Å². The Morgan fingerprint density at radius 2 is 1.49 bits per heavy atom. The minimum absolute atomic E-state index is 0.0227. The third kappa shape index (κ3) is 19.4. The Labute approximate surface area is 451 Å². The van der Waals surface area contributed by atoms with Gasteiger partial charge in [0.05, 0.1) is 77.3 Å². The maximum absolute atomic E-state index is 14.6. The largest absolute Gasteiger partial charge is 0.460 e. The van der Waals surface area contributed by atoms with E-state index in [-0.39, 0.29) is 107 Å². The van der Waals surface area contributed by atoms with Crippen LogP contribution in [-0.4, -0.2) is 183 Å². The number of hydrogen-bond donors (Lipinski definition) is 4. The van der Waals surface area contributed by atoms with E-state index in [1.54, 1.807) is 40.9 Å². The number of hydrogen-bond acceptors (Lipinski definition) is 17. The number of carbonyl (C=O) groups is 5. The third-order valence-corrected chi connectivity index (χ3v) is 15.7. The van der Waals surface area contributed by atoms with Gasteiger partial charge in [-0.25, -0.2) is 4.79 Å². The van der Waals surface area contributed by atoms with Gasteiger partial charge in [-0.1, -0.05) is 71.1 Å². The van der Waals surface area contributed by atoms with Gasteiger partial charge in [-0.3, -0.25) is 19.2 Å². The quantitative estimate of drug-likeness (QED) is 0.0600. The summed E-state index contributed by atoms with van der Waals surface area (Å²) in [5.74, 6) is -8.32. The van der Waals surface area contributed by atoms with Crippen LogP contribution < -0.4 is 0 Å². The summed E-state index contributed by atoms with van der Waals surface area (Å²) in [5.41, 5.74) is 1.19. The van der Waals surface area contributed by atoms with E-state index in [1.807, 2.05) is 51.2 Å². The molecule has 0 aromatic rings. The second-order valence-electron chi connectivity index (χ2n) is 21.7. The van der Waals surface area contributed by atoms with E-state index in [9.17, 15) is 39.3 Å². The molecule has 18 nitrogen and oxygen atoms in total. The van der Waals surface area contributed by atoms with E-state index in [4.69, 9.17) is 43.0 Å². The first-order valence-electron chi connectivity index (χ1n) is 27.9. The molecule has 1 saturated carbocycles. The fourth-order valence-electron chi connectivity index (χ4n) is 11.0. The lowest BCUT2D eigenvalue weighted by atomic mass is 9.78. The van der Waals surface area contributed by atoms with E-state index >= 15 is 0 Å². The van der Waals surface area contributed by atoms with Gasteiger partial charge >= 0.3 is 5.97 Å². The number of aliphatic hydroxyl groups is 4. The van der Waals surface area contributed by atoms with Crippen LogP contribution in [0.25, 0.3) is 0 Å². The molecule has 3 heterocycles. The topological polar surface area (TPSA) is 243 Å². The van der Waals surface area contributed by atoms with Crippen molar-refractivity contribution >= 4 is 29.2 Å². The number of carbonyl (C=O) groups excluding carboxylic acids is 5. The summed E-state index contributed by atoms with van der Waals surface area (Å²) >= 11 is 0. The van der Waals surface area contributed by atoms with Gasteiger partial charge in [-0.15, -0.1) is 0 Å². The lowest BCUT2D eigenvalue weighted by molar-refractivity contribution is -0.266. The molecule has 0 radical (unpaired) electrons. The molecule has 0 spiro atoms. The van der Waals surface area contributed by atoms with Crippen LogP contribution in [0.15, 0.2) is 47.6 Å². The zero-order valence-corrected chi connectivity index (χ0v) is 46.9. The molecule has 432 valence electrons. The molecular formula is C58H93NO17. The summed E-state index contributed by atoms with van der Waals surface area (Å²) in [6, 6.07) is -1.18. The maximum atomic E-state index is 14.6. The zero-order chi connectivity index (χ0) is 56.0. The number of piperidine rings is 1. The summed E-state index contributed by atoms with van der Waals surface area (Å²) in [4.78, 5) is 72.9. The van der Waals surface area contributed by atoms with Gasteiger partial charge in [0.1, 0.15) is 30.1 Å². The molecule has 4 aliphatic rings. The molecule has 15 atom stereocenters. The SMILES string of the molecule is CO[C@@H]1C[C@H](C[C@@H](C)[C@@H]2CC(=O)[C@H](C)/C=C(\C)[C@@H](O)[C@@H](OC)C(=O)[C@H](C)C[C@H](C)/C=C/C=C/C=C(\C)[C@@H](OCCOCCOCCO)C[C@@H]3CC[C@@H](C)[C@@](O)(O3)C(=O)C(=O)N3CCCC[C@H]3C(=O)O2)CC[C@H]1OCCO. The third-order valence-electron chi connectivity index (χ3n) is 15.7. The summed E-state index contributed by atoms with van der Waals surface area (Å²) in [7, 11) is 3.00. The highest BCUT2D eigenvalue weighted by atomic mass is 16.6. The monoisotopic (exact) mass is 1080 g/mol. The van der Waals surface area contributed by atoms with Crippen LogP contribution in [0.5, 0.6) is 0 Å². The van der Waals surface area contributed by atoms with Crippen molar-refractivity contribution < 1.29 is 82.3 Å². The Balaban J connectivity index is 1.69. The molecule has 0 unspecified atom stereocenters. The second-order valence-corrected chi connectivity index (χ2v) is 21.7. The molecule has 4 N–H and O–H groups in total. The van der Waals surface area contributed by atoms with Crippen molar-refractivity contribution in [1.29, 1.82) is 0 Å². The molecular weight excluding hydrogens is 983 g/mol. The average molecular weight is 1080 g/mol. The second kappa shape index (κ2) is 33.2. The number of cyclic esters (lactones) is 1. The van der Waals surface area contributed by atoms with Crippen molar-refractivity contribution in [2.24, 2.45) is 35.5 Å². The van der Waals surface area contributed by atoms with Gasteiger partial charge in [-0.05, 0) is 107 Å². The van der Waals surface area contributed by atoms with Gasteiger partial charge in [0.25, 0.3) is 11.7 Å². The molecule has 0 aromatic carbocycles. The van der Waals surface area contributed by atoms with Gasteiger partial charge in [-0.2, -0.15) is 0 Å².